The van der Waals surface area contributed by atoms with Crippen LogP contribution in [0, 0.1) is 12.7 Å². The summed E-state index contributed by atoms with van der Waals surface area (Å²) in [5.41, 5.74) is 4.24. The maximum Gasteiger partial charge on any atom is 0.246 e. The number of halogens is 1. The molecule has 1 amide bonds. The van der Waals surface area contributed by atoms with Crippen molar-refractivity contribution in [3.8, 4) is 0 Å². The van der Waals surface area contributed by atoms with E-state index in [1.165, 1.54) is 6.07 Å². The number of fused-ring (bicyclic) bond motifs is 1. The summed E-state index contributed by atoms with van der Waals surface area (Å²) in [6.45, 7) is 6.05. The Hall–Kier alpha value is -2.92. The van der Waals surface area contributed by atoms with E-state index in [2.05, 4.69) is 16.0 Å². The molecule has 29 heavy (non-hydrogen) atoms. The van der Waals surface area contributed by atoms with Gasteiger partial charge in [0.15, 0.2) is 0 Å². The van der Waals surface area contributed by atoms with Crippen molar-refractivity contribution in [2.45, 2.75) is 13.3 Å². The summed E-state index contributed by atoms with van der Waals surface area (Å²) in [4.78, 5) is 20.2. The number of hydrogen-bond acceptors (Lipinski definition) is 2. The molecule has 150 valence electrons. The second-order valence-electron chi connectivity index (χ2n) is 7.59. The zero-order valence-electron chi connectivity index (χ0n) is 16.7. The summed E-state index contributed by atoms with van der Waals surface area (Å²) < 4.78 is 13.3. The minimum atomic E-state index is -0.185. The van der Waals surface area contributed by atoms with Crippen LogP contribution in [0.4, 0.5) is 4.39 Å². The number of carbonyl (C=O) groups excluding carboxylic acids is 1. The Labute approximate surface area is 170 Å². The molecule has 1 fully saturated rings. The van der Waals surface area contributed by atoms with E-state index >= 15 is 0 Å². The van der Waals surface area contributed by atoms with Gasteiger partial charge in [0.2, 0.25) is 5.91 Å². The van der Waals surface area contributed by atoms with Gasteiger partial charge >= 0.3 is 0 Å². The highest BCUT2D eigenvalue weighted by molar-refractivity contribution is 5.97. The second-order valence-corrected chi connectivity index (χ2v) is 7.59. The number of hydrogen-bond donors (Lipinski definition) is 1. The summed E-state index contributed by atoms with van der Waals surface area (Å²) in [5.74, 6) is -0.130. The van der Waals surface area contributed by atoms with Crippen molar-refractivity contribution in [3.05, 3.63) is 77.2 Å². The molecule has 0 spiro atoms. The first-order chi connectivity index (χ1) is 14.1. The van der Waals surface area contributed by atoms with Crippen LogP contribution in [0.3, 0.4) is 0 Å². The standard InChI is InChI=1S/C24H26FN3O/c1-18-21(22-7-2-3-8-23(22)26-18)9-10-24(29)28-15-13-27(14-16-28)12-11-19-5-4-6-20(25)17-19/h2-10,17,26H,11-16H2,1H3/b10-9+. The fourth-order valence-electron chi connectivity index (χ4n) is 3.94. The Morgan fingerprint density at radius 1 is 1.10 bits per heavy atom. The molecule has 2 aromatic carbocycles. The maximum absolute atomic E-state index is 13.3. The number of H-pyrrole nitrogens is 1. The monoisotopic (exact) mass is 391 g/mol. The summed E-state index contributed by atoms with van der Waals surface area (Å²) in [6, 6.07) is 14.9. The first-order valence-electron chi connectivity index (χ1n) is 10.1. The molecular weight excluding hydrogens is 365 g/mol. The van der Waals surface area contributed by atoms with E-state index in [1.807, 2.05) is 42.2 Å². The lowest BCUT2D eigenvalue weighted by molar-refractivity contribution is -0.127. The lowest BCUT2D eigenvalue weighted by Crippen LogP contribution is -2.48. The number of nitrogens with zero attached hydrogens (tertiary/aromatic N) is 2. The van der Waals surface area contributed by atoms with Gasteiger partial charge in [-0.15, -0.1) is 0 Å². The normalized spacial score (nSPS) is 15.4. The van der Waals surface area contributed by atoms with E-state index < -0.39 is 0 Å². The lowest BCUT2D eigenvalue weighted by Gasteiger charge is -2.34. The third-order valence-electron chi connectivity index (χ3n) is 5.63. The summed E-state index contributed by atoms with van der Waals surface area (Å²) in [6.07, 6.45) is 4.43. The van der Waals surface area contributed by atoms with Gasteiger partial charge in [0.25, 0.3) is 0 Å². The smallest absolute Gasteiger partial charge is 0.246 e. The highest BCUT2D eigenvalue weighted by Crippen LogP contribution is 2.23. The van der Waals surface area contributed by atoms with Gasteiger partial charge in [0.05, 0.1) is 0 Å². The number of amides is 1. The number of rotatable bonds is 5. The number of aryl methyl sites for hydroxylation is 1. The van der Waals surface area contributed by atoms with Crippen LogP contribution in [0.25, 0.3) is 17.0 Å². The van der Waals surface area contributed by atoms with Gasteiger partial charge in [0, 0.05) is 61.0 Å². The van der Waals surface area contributed by atoms with Gasteiger partial charge in [-0.1, -0.05) is 30.3 Å². The molecule has 4 rings (SSSR count). The van der Waals surface area contributed by atoms with Gasteiger partial charge in [-0.2, -0.15) is 0 Å². The number of para-hydroxylation sites is 1. The highest BCUT2D eigenvalue weighted by Gasteiger charge is 2.19. The van der Waals surface area contributed by atoms with Crippen molar-refractivity contribution in [2.75, 3.05) is 32.7 Å². The van der Waals surface area contributed by atoms with E-state index in [1.54, 1.807) is 18.2 Å². The Bertz CT molecular complexity index is 1030. The predicted octanol–water partition coefficient (Wildman–Crippen LogP) is 4.02. The van der Waals surface area contributed by atoms with Crippen molar-refractivity contribution < 1.29 is 9.18 Å². The van der Waals surface area contributed by atoms with E-state index in [0.717, 1.165) is 66.9 Å². The third kappa shape index (κ3) is 4.57. The Balaban J connectivity index is 1.31. The van der Waals surface area contributed by atoms with Crippen LogP contribution in [0.1, 0.15) is 16.8 Å². The van der Waals surface area contributed by atoms with Crippen molar-refractivity contribution in [1.29, 1.82) is 0 Å². The SMILES string of the molecule is Cc1[nH]c2ccccc2c1/C=C/C(=O)N1CCN(CCc2cccc(F)c2)CC1. The Morgan fingerprint density at radius 2 is 1.90 bits per heavy atom. The molecule has 1 aliphatic rings. The molecule has 0 bridgehead atoms. The van der Waals surface area contributed by atoms with Crippen LogP contribution in [-0.4, -0.2) is 53.4 Å². The molecule has 1 N–H and O–H groups in total. The van der Waals surface area contributed by atoms with E-state index in [4.69, 9.17) is 0 Å². The lowest BCUT2D eigenvalue weighted by atomic mass is 10.1. The van der Waals surface area contributed by atoms with E-state index in [0.29, 0.717) is 0 Å². The second kappa shape index (κ2) is 8.62. The molecule has 0 atom stereocenters. The summed E-state index contributed by atoms with van der Waals surface area (Å²) >= 11 is 0. The van der Waals surface area contributed by atoms with Crippen LogP contribution in [0.15, 0.2) is 54.6 Å². The zero-order valence-corrected chi connectivity index (χ0v) is 16.7. The van der Waals surface area contributed by atoms with Crippen LogP contribution in [0.2, 0.25) is 0 Å². The molecule has 0 radical (unpaired) electrons. The molecule has 3 aromatic rings. The topological polar surface area (TPSA) is 39.3 Å². The van der Waals surface area contributed by atoms with Gasteiger partial charge in [-0.05, 0) is 43.2 Å². The first kappa shape index (κ1) is 19.4. The van der Waals surface area contributed by atoms with Crippen molar-refractivity contribution in [3.63, 3.8) is 0 Å². The zero-order chi connectivity index (χ0) is 20.2. The number of aromatic amines is 1. The molecule has 0 unspecified atom stereocenters. The number of benzene rings is 2. The van der Waals surface area contributed by atoms with Crippen LogP contribution >= 0.6 is 0 Å². The highest BCUT2D eigenvalue weighted by atomic mass is 19.1. The average molecular weight is 391 g/mol. The first-order valence-corrected chi connectivity index (χ1v) is 10.1. The van der Waals surface area contributed by atoms with Gasteiger partial charge in [-0.25, -0.2) is 4.39 Å². The Kier molecular flexibility index (Phi) is 5.76. The Morgan fingerprint density at radius 3 is 2.69 bits per heavy atom. The predicted molar refractivity (Wildman–Crippen MR) is 115 cm³/mol. The largest absolute Gasteiger partial charge is 0.358 e. The molecule has 4 nitrogen and oxygen atoms in total. The molecule has 0 saturated carbocycles. The number of piperazine rings is 1. The molecule has 5 heteroatoms. The molecular formula is C24H26FN3O. The fraction of sp³-hybridized carbons (Fsp3) is 0.292. The quantitative estimate of drug-likeness (QED) is 0.668. The number of carbonyl (C=O) groups is 1. The fourth-order valence-corrected chi connectivity index (χ4v) is 3.94. The minimum absolute atomic E-state index is 0.0551. The van der Waals surface area contributed by atoms with Gasteiger partial charge in [-0.3, -0.25) is 9.69 Å². The van der Waals surface area contributed by atoms with Crippen LogP contribution in [-0.2, 0) is 11.2 Å². The van der Waals surface area contributed by atoms with Gasteiger partial charge < -0.3 is 9.88 Å². The molecule has 1 aromatic heterocycles. The minimum Gasteiger partial charge on any atom is -0.358 e. The number of nitrogens with one attached hydrogen (secondary N) is 1. The summed E-state index contributed by atoms with van der Waals surface area (Å²) in [5, 5.41) is 1.14. The molecule has 2 heterocycles. The van der Waals surface area contributed by atoms with Crippen molar-refractivity contribution in [1.82, 2.24) is 14.8 Å². The molecule has 1 saturated heterocycles. The third-order valence-corrected chi connectivity index (χ3v) is 5.63. The van der Waals surface area contributed by atoms with Crippen molar-refractivity contribution >= 4 is 22.9 Å². The van der Waals surface area contributed by atoms with Crippen molar-refractivity contribution in [2.24, 2.45) is 0 Å². The molecule has 1 aliphatic heterocycles. The average Bonchev–Trinajstić information content (AvgIpc) is 3.06. The van der Waals surface area contributed by atoms with Crippen LogP contribution < -0.4 is 0 Å². The van der Waals surface area contributed by atoms with E-state index in [9.17, 15) is 9.18 Å². The maximum atomic E-state index is 13.3. The van der Waals surface area contributed by atoms with Crippen LogP contribution in [0.5, 0.6) is 0 Å². The number of aromatic nitrogens is 1. The van der Waals surface area contributed by atoms with Gasteiger partial charge in [0.1, 0.15) is 5.82 Å². The van der Waals surface area contributed by atoms with E-state index in [-0.39, 0.29) is 11.7 Å². The summed E-state index contributed by atoms with van der Waals surface area (Å²) in [7, 11) is 0. The molecule has 0 aliphatic carbocycles.